The lowest BCUT2D eigenvalue weighted by atomic mass is 10.1. The zero-order chi connectivity index (χ0) is 18.0. The quantitative estimate of drug-likeness (QED) is 0.668. The summed E-state index contributed by atoms with van der Waals surface area (Å²) < 4.78 is 0. The first-order valence-corrected chi connectivity index (χ1v) is 8.17. The standard InChI is InChI=1S/C17H17ClN4O3/c18-13-2-1-3-14(11-13)20-6-8-21(9-7-20)15-5-4-12(17(19)23)10-16(15)22(24)25/h1-5,10-11H,6-9H2,(H2,19,23). The number of piperazine rings is 1. The minimum absolute atomic E-state index is 0.104. The fourth-order valence-corrected chi connectivity index (χ4v) is 3.15. The molecule has 0 spiro atoms. The summed E-state index contributed by atoms with van der Waals surface area (Å²) in [7, 11) is 0. The lowest BCUT2D eigenvalue weighted by Crippen LogP contribution is -2.46. The van der Waals surface area contributed by atoms with Crippen molar-refractivity contribution in [2.75, 3.05) is 36.0 Å². The predicted octanol–water partition coefficient (Wildman–Crippen LogP) is 2.67. The van der Waals surface area contributed by atoms with Crippen molar-refractivity contribution in [2.24, 2.45) is 5.73 Å². The van der Waals surface area contributed by atoms with Gasteiger partial charge in [0.1, 0.15) is 5.69 Å². The van der Waals surface area contributed by atoms with Crippen molar-refractivity contribution < 1.29 is 9.72 Å². The molecule has 130 valence electrons. The summed E-state index contributed by atoms with van der Waals surface area (Å²) >= 11 is 6.03. The molecule has 1 saturated heterocycles. The summed E-state index contributed by atoms with van der Waals surface area (Å²) in [6.07, 6.45) is 0. The van der Waals surface area contributed by atoms with Crippen LogP contribution in [-0.4, -0.2) is 37.0 Å². The maximum atomic E-state index is 11.4. The first-order chi connectivity index (χ1) is 12.0. The van der Waals surface area contributed by atoms with Gasteiger partial charge in [0.25, 0.3) is 5.69 Å². The summed E-state index contributed by atoms with van der Waals surface area (Å²) in [5.41, 5.74) is 6.78. The second-order valence-electron chi connectivity index (χ2n) is 5.78. The number of halogens is 1. The molecule has 1 aliphatic heterocycles. The number of nitro groups is 1. The number of anilines is 2. The largest absolute Gasteiger partial charge is 0.368 e. The van der Waals surface area contributed by atoms with E-state index in [2.05, 4.69) is 4.90 Å². The molecule has 0 aromatic heterocycles. The van der Waals surface area contributed by atoms with E-state index in [1.54, 1.807) is 6.07 Å². The molecule has 0 bridgehead atoms. The Kier molecular flexibility index (Phi) is 4.76. The third kappa shape index (κ3) is 3.66. The minimum atomic E-state index is -0.680. The van der Waals surface area contributed by atoms with E-state index < -0.39 is 10.8 Å². The van der Waals surface area contributed by atoms with E-state index in [0.717, 1.165) is 18.8 Å². The topological polar surface area (TPSA) is 92.7 Å². The van der Waals surface area contributed by atoms with Crippen LogP contribution in [0.1, 0.15) is 10.4 Å². The monoisotopic (exact) mass is 360 g/mol. The van der Waals surface area contributed by atoms with Gasteiger partial charge in [0.05, 0.1) is 4.92 Å². The Morgan fingerprint density at radius 2 is 1.76 bits per heavy atom. The Hall–Kier alpha value is -2.80. The SMILES string of the molecule is NC(=O)c1ccc(N2CCN(c3cccc(Cl)c3)CC2)c([N+](=O)[O-])c1. The highest BCUT2D eigenvalue weighted by molar-refractivity contribution is 6.30. The van der Waals surface area contributed by atoms with Crippen LogP contribution in [0.2, 0.25) is 5.02 Å². The molecule has 2 N–H and O–H groups in total. The number of rotatable bonds is 4. The van der Waals surface area contributed by atoms with E-state index in [9.17, 15) is 14.9 Å². The molecule has 2 aromatic carbocycles. The van der Waals surface area contributed by atoms with Crippen LogP contribution < -0.4 is 15.5 Å². The van der Waals surface area contributed by atoms with Gasteiger partial charge in [-0.1, -0.05) is 17.7 Å². The summed E-state index contributed by atoms with van der Waals surface area (Å²) in [5, 5.41) is 12.0. The second-order valence-corrected chi connectivity index (χ2v) is 6.22. The molecule has 1 aliphatic rings. The summed E-state index contributed by atoms with van der Waals surface area (Å²) in [6.45, 7) is 2.69. The van der Waals surface area contributed by atoms with Crippen LogP contribution >= 0.6 is 11.6 Å². The van der Waals surface area contributed by atoms with E-state index in [0.29, 0.717) is 23.8 Å². The highest BCUT2D eigenvalue weighted by Gasteiger charge is 2.25. The first-order valence-electron chi connectivity index (χ1n) is 7.79. The smallest absolute Gasteiger partial charge is 0.293 e. The average Bonchev–Trinajstić information content (AvgIpc) is 2.61. The lowest BCUT2D eigenvalue weighted by Gasteiger charge is -2.37. The Bertz CT molecular complexity index is 819. The van der Waals surface area contributed by atoms with Gasteiger partial charge in [-0.05, 0) is 30.3 Å². The third-order valence-corrected chi connectivity index (χ3v) is 4.49. The maximum absolute atomic E-state index is 11.4. The van der Waals surface area contributed by atoms with E-state index in [1.807, 2.05) is 29.2 Å². The van der Waals surface area contributed by atoms with Crippen LogP contribution in [0.4, 0.5) is 17.1 Å². The lowest BCUT2D eigenvalue weighted by molar-refractivity contribution is -0.384. The predicted molar refractivity (Wildman–Crippen MR) is 97.5 cm³/mol. The molecule has 3 rings (SSSR count). The zero-order valence-electron chi connectivity index (χ0n) is 13.4. The van der Waals surface area contributed by atoms with Gasteiger partial charge in [0.2, 0.25) is 5.91 Å². The number of carbonyl (C=O) groups excluding carboxylic acids is 1. The molecule has 0 unspecified atom stereocenters. The van der Waals surface area contributed by atoms with E-state index >= 15 is 0 Å². The van der Waals surface area contributed by atoms with Gasteiger partial charge < -0.3 is 15.5 Å². The number of hydrogen-bond acceptors (Lipinski definition) is 5. The molecule has 0 aliphatic carbocycles. The summed E-state index contributed by atoms with van der Waals surface area (Å²) in [5.74, 6) is -0.680. The molecular weight excluding hydrogens is 344 g/mol. The van der Waals surface area contributed by atoms with E-state index in [4.69, 9.17) is 17.3 Å². The second kappa shape index (κ2) is 6.98. The molecule has 8 heteroatoms. The van der Waals surface area contributed by atoms with Crippen molar-refractivity contribution in [1.82, 2.24) is 0 Å². The molecule has 1 heterocycles. The molecule has 7 nitrogen and oxygen atoms in total. The molecule has 25 heavy (non-hydrogen) atoms. The summed E-state index contributed by atoms with van der Waals surface area (Å²) in [4.78, 5) is 26.3. The molecule has 2 aromatic rings. The normalized spacial score (nSPS) is 14.4. The Balaban J connectivity index is 1.78. The van der Waals surface area contributed by atoms with Crippen LogP contribution in [0.3, 0.4) is 0 Å². The fourth-order valence-electron chi connectivity index (χ4n) is 2.97. The van der Waals surface area contributed by atoms with Gasteiger partial charge in [0, 0.05) is 48.5 Å². The van der Waals surface area contributed by atoms with Crippen LogP contribution in [0.15, 0.2) is 42.5 Å². The van der Waals surface area contributed by atoms with Gasteiger partial charge in [-0.3, -0.25) is 14.9 Å². The molecule has 1 amide bonds. The van der Waals surface area contributed by atoms with Crippen LogP contribution in [-0.2, 0) is 0 Å². The summed E-state index contributed by atoms with van der Waals surface area (Å²) in [6, 6.07) is 12.0. The Morgan fingerprint density at radius 1 is 1.08 bits per heavy atom. The number of nitrogens with two attached hydrogens (primary N) is 1. The van der Waals surface area contributed by atoms with Crippen molar-refractivity contribution in [2.45, 2.75) is 0 Å². The fraction of sp³-hybridized carbons (Fsp3) is 0.235. The van der Waals surface area contributed by atoms with Gasteiger partial charge in [0.15, 0.2) is 0 Å². The third-order valence-electron chi connectivity index (χ3n) is 4.25. The van der Waals surface area contributed by atoms with Gasteiger partial charge in [-0.15, -0.1) is 0 Å². The highest BCUT2D eigenvalue weighted by Crippen LogP contribution is 2.31. The number of carbonyl (C=O) groups is 1. The zero-order valence-corrected chi connectivity index (χ0v) is 14.1. The molecule has 0 radical (unpaired) electrons. The number of amides is 1. The van der Waals surface area contributed by atoms with Crippen molar-refractivity contribution in [3.05, 3.63) is 63.2 Å². The number of primary amides is 1. The maximum Gasteiger partial charge on any atom is 0.293 e. The van der Waals surface area contributed by atoms with Crippen LogP contribution in [0, 0.1) is 10.1 Å². The molecule has 1 fully saturated rings. The number of nitro benzene ring substituents is 1. The van der Waals surface area contributed by atoms with E-state index in [-0.39, 0.29) is 11.3 Å². The van der Waals surface area contributed by atoms with Gasteiger partial charge in [-0.2, -0.15) is 0 Å². The molecule has 0 atom stereocenters. The average molecular weight is 361 g/mol. The van der Waals surface area contributed by atoms with Crippen LogP contribution in [0.25, 0.3) is 0 Å². The van der Waals surface area contributed by atoms with Crippen molar-refractivity contribution in [3.8, 4) is 0 Å². The van der Waals surface area contributed by atoms with Crippen LogP contribution in [0.5, 0.6) is 0 Å². The Morgan fingerprint density at radius 3 is 2.36 bits per heavy atom. The molecular formula is C17H17ClN4O3. The molecule has 0 saturated carbocycles. The van der Waals surface area contributed by atoms with Crippen molar-refractivity contribution in [3.63, 3.8) is 0 Å². The van der Waals surface area contributed by atoms with E-state index in [1.165, 1.54) is 12.1 Å². The van der Waals surface area contributed by atoms with Crippen molar-refractivity contribution >= 4 is 34.6 Å². The number of benzene rings is 2. The van der Waals surface area contributed by atoms with Crippen molar-refractivity contribution in [1.29, 1.82) is 0 Å². The first kappa shape index (κ1) is 17.0. The minimum Gasteiger partial charge on any atom is -0.368 e. The number of nitrogens with zero attached hydrogens (tertiary/aromatic N) is 3. The highest BCUT2D eigenvalue weighted by atomic mass is 35.5. The van der Waals surface area contributed by atoms with Gasteiger partial charge >= 0.3 is 0 Å². The Labute approximate surface area is 149 Å². The van der Waals surface area contributed by atoms with Gasteiger partial charge in [-0.25, -0.2) is 0 Å². The number of hydrogen-bond donors (Lipinski definition) is 1.